The van der Waals surface area contributed by atoms with E-state index >= 15 is 0 Å². The van der Waals surface area contributed by atoms with Gasteiger partial charge in [0.05, 0.1) is 12.7 Å². The highest BCUT2D eigenvalue weighted by Gasteiger charge is 2.36. The van der Waals surface area contributed by atoms with E-state index in [0.717, 1.165) is 44.6 Å². The molecule has 3 fully saturated rings. The topological polar surface area (TPSA) is 45.7 Å². The smallest absolute Gasteiger partial charge is 0.255 e. The highest BCUT2D eigenvalue weighted by Crippen LogP contribution is 2.30. The Bertz CT molecular complexity index is 814. The number of ether oxygens (including phenoxy) is 1. The van der Waals surface area contributed by atoms with E-state index < -0.39 is 0 Å². The summed E-state index contributed by atoms with van der Waals surface area (Å²) < 4.78 is 18.8. The van der Waals surface area contributed by atoms with Crippen LogP contribution in [0, 0.1) is 11.7 Å². The molecule has 3 saturated heterocycles. The Balaban J connectivity index is 1.49. The minimum Gasteiger partial charge on any atom is -0.494 e. The van der Waals surface area contributed by atoms with Gasteiger partial charge >= 0.3 is 0 Å². The van der Waals surface area contributed by atoms with Crippen molar-refractivity contribution in [2.75, 3.05) is 26.7 Å². The summed E-state index contributed by atoms with van der Waals surface area (Å²) in [5.74, 6) is 0.463. The third kappa shape index (κ3) is 3.81. The molecule has 3 aliphatic heterocycles. The number of pyridine rings is 1. The molecule has 0 aliphatic carbocycles. The Labute approximate surface area is 158 Å². The number of carbonyl (C=O) groups is 1. The standard InChI is InChI=1S/C21H24FN3O2/c1-27-20-9-15(5-7-19(20)22)11-24-12-16-4-6-18(24)14-25(13-16)21(26)17-3-2-8-23-10-17/h2-3,5,7-10,16,18H,4,6,11-14H2,1H3/t16-,18-/m1/s1. The lowest BCUT2D eigenvalue weighted by Crippen LogP contribution is -2.43. The summed E-state index contributed by atoms with van der Waals surface area (Å²) >= 11 is 0. The van der Waals surface area contributed by atoms with Crippen LogP contribution in [0.4, 0.5) is 4.39 Å². The van der Waals surface area contributed by atoms with Crippen molar-refractivity contribution in [1.29, 1.82) is 0 Å². The zero-order valence-corrected chi connectivity index (χ0v) is 15.5. The van der Waals surface area contributed by atoms with Crippen LogP contribution in [-0.2, 0) is 6.54 Å². The van der Waals surface area contributed by atoms with Crippen molar-refractivity contribution >= 4 is 5.91 Å². The molecule has 27 heavy (non-hydrogen) atoms. The van der Waals surface area contributed by atoms with E-state index in [1.165, 1.54) is 13.2 Å². The normalized spacial score (nSPS) is 22.5. The highest BCUT2D eigenvalue weighted by molar-refractivity contribution is 5.94. The van der Waals surface area contributed by atoms with Crippen LogP contribution in [-0.4, -0.2) is 53.5 Å². The van der Waals surface area contributed by atoms with Crippen LogP contribution in [0.15, 0.2) is 42.7 Å². The van der Waals surface area contributed by atoms with Gasteiger partial charge in [-0.3, -0.25) is 14.7 Å². The molecule has 5 nitrogen and oxygen atoms in total. The van der Waals surface area contributed by atoms with Crippen molar-refractivity contribution < 1.29 is 13.9 Å². The predicted octanol–water partition coefficient (Wildman–Crippen LogP) is 2.97. The first-order chi connectivity index (χ1) is 13.1. The van der Waals surface area contributed by atoms with Crippen LogP contribution in [0.3, 0.4) is 0 Å². The number of nitrogens with zero attached hydrogens (tertiary/aromatic N) is 3. The molecule has 6 heteroatoms. The van der Waals surface area contributed by atoms with Gasteiger partial charge in [0.15, 0.2) is 11.6 Å². The van der Waals surface area contributed by atoms with Crippen molar-refractivity contribution in [3.63, 3.8) is 0 Å². The molecule has 1 aromatic heterocycles. The monoisotopic (exact) mass is 369 g/mol. The van der Waals surface area contributed by atoms with Crippen LogP contribution in [0.5, 0.6) is 5.75 Å². The van der Waals surface area contributed by atoms with E-state index in [0.29, 0.717) is 17.5 Å². The minimum absolute atomic E-state index is 0.0605. The van der Waals surface area contributed by atoms with E-state index in [1.807, 2.05) is 17.0 Å². The molecule has 0 saturated carbocycles. The van der Waals surface area contributed by atoms with Gasteiger partial charge in [-0.1, -0.05) is 6.07 Å². The van der Waals surface area contributed by atoms with E-state index in [9.17, 15) is 9.18 Å². The van der Waals surface area contributed by atoms with Crippen LogP contribution in [0.1, 0.15) is 28.8 Å². The number of carbonyl (C=O) groups excluding carboxylic acids is 1. The summed E-state index contributed by atoms with van der Waals surface area (Å²) in [7, 11) is 1.48. The zero-order valence-electron chi connectivity index (χ0n) is 15.5. The first-order valence-electron chi connectivity index (χ1n) is 9.40. The molecule has 1 aromatic carbocycles. The Hall–Kier alpha value is -2.47. The van der Waals surface area contributed by atoms with Gasteiger partial charge in [0.1, 0.15) is 0 Å². The molecule has 2 aromatic rings. The number of piperidine rings is 1. The lowest BCUT2D eigenvalue weighted by molar-refractivity contribution is 0.0735. The van der Waals surface area contributed by atoms with Crippen molar-refractivity contribution in [3.05, 3.63) is 59.7 Å². The van der Waals surface area contributed by atoms with Crippen LogP contribution < -0.4 is 4.74 Å². The van der Waals surface area contributed by atoms with Crippen LogP contribution in [0.2, 0.25) is 0 Å². The molecule has 3 aliphatic rings. The predicted molar refractivity (Wildman–Crippen MR) is 100 cm³/mol. The van der Waals surface area contributed by atoms with E-state index in [-0.39, 0.29) is 17.5 Å². The maximum Gasteiger partial charge on any atom is 0.255 e. The lowest BCUT2D eigenvalue weighted by Gasteiger charge is -2.36. The Kier molecular flexibility index (Phi) is 5.07. The number of methoxy groups -OCH3 is 1. The maximum atomic E-state index is 13.7. The third-order valence-corrected chi connectivity index (χ3v) is 5.62. The summed E-state index contributed by atoms with van der Waals surface area (Å²) in [6.45, 7) is 3.21. The van der Waals surface area contributed by atoms with Gasteiger partial charge < -0.3 is 9.64 Å². The fourth-order valence-electron chi connectivity index (χ4n) is 4.25. The zero-order chi connectivity index (χ0) is 18.8. The van der Waals surface area contributed by atoms with Gasteiger partial charge in [0, 0.05) is 44.6 Å². The largest absolute Gasteiger partial charge is 0.494 e. The quantitative estimate of drug-likeness (QED) is 0.831. The molecule has 4 heterocycles. The molecule has 0 N–H and O–H groups in total. The molecule has 0 unspecified atom stereocenters. The number of hydrogen-bond acceptors (Lipinski definition) is 4. The second kappa shape index (κ2) is 7.64. The van der Waals surface area contributed by atoms with Crippen molar-refractivity contribution in [2.45, 2.75) is 25.4 Å². The Morgan fingerprint density at radius 3 is 2.93 bits per heavy atom. The summed E-state index contributed by atoms with van der Waals surface area (Å²) in [6, 6.07) is 8.99. The molecular weight excluding hydrogens is 345 g/mol. The number of benzene rings is 1. The van der Waals surface area contributed by atoms with E-state index in [1.54, 1.807) is 24.5 Å². The highest BCUT2D eigenvalue weighted by atomic mass is 19.1. The number of hydrogen-bond donors (Lipinski definition) is 0. The first kappa shape index (κ1) is 17.9. The van der Waals surface area contributed by atoms with Gasteiger partial charge in [0.2, 0.25) is 0 Å². The third-order valence-electron chi connectivity index (χ3n) is 5.62. The summed E-state index contributed by atoms with van der Waals surface area (Å²) in [5, 5.41) is 0. The molecule has 5 rings (SSSR count). The van der Waals surface area contributed by atoms with Crippen LogP contribution in [0.25, 0.3) is 0 Å². The number of fused-ring (bicyclic) bond motifs is 4. The minimum atomic E-state index is -0.341. The summed E-state index contributed by atoms with van der Waals surface area (Å²) in [4.78, 5) is 21.3. The number of aromatic nitrogens is 1. The second-order valence-corrected chi connectivity index (χ2v) is 7.45. The molecule has 1 amide bonds. The maximum absolute atomic E-state index is 13.7. The first-order valence-corrected chi connectivity index (χ1v) is 9.40. The molecular formula is C21H24FN3O2. The Morgan fingerprint density at radius 1 is 1.26 bits per heavy atom. The molecule has 142 valence electrons. The second-order valence-electron chi connectivity index (χ2n) is 7.45. The van der Waals surface area contributed by atoms with E-state index in [4.69, 9.17) is 4.74 Å². The van der Waals surface area contributed by atoms with Gasteiger partial charge in [-0.2, -0.15) is 0 Å². The van der Waals surface area contributed by atoms with Gasteiger partial charge in [-0.15, -0.1) is 0 Å². The fraction of sp³-hybridized carbons (Fsp3) is 0.429. The molecule has 2 bridgehead atoms. The van der Waals surface area contributed by atoms with E-state index in [2.05, 4.69) is 9.88 Å². The molecule has 0 radical (unpaired) electrons. The summed E-state index contributed by atoms with van der Waals surface area (Å²) in [6.07, 6.45) is 5.55. The number of amides is 1. The SMILES string of the molecule is COc1cc(CN2C[C@H]3CC[C@@H]2CN(C(=O)c2cccnc2)C3)ccc1F. The fourth-order valence-corrected chi connectivity index (χ4v) is 4.25. The van der Waals surface area contributed by atoms with Gasteiger partial charge in [0.25, 0.3) is 5.91 Å². The average Bonchev–Trinajstić information content (AvgIpc) is 3.01. The van der Waals surface area contributed by atoms with Gasteiger partial charge in [-0.25, -0.2) is 4.39 Å². The Morgan fingerprint density at radius 2 is 2.15 bits per heavy atom. The lowest BCUT2D eigenvalue weighted by atomic mass is 9.94. The summed E-state index contributed by atoms with van der Waals surface area (Å²) in [5.41, 5.74) is 1.68. The number of rotatable bonds is 4. The van der Waals surface area contributed by atoms with Crippen LogP contribution >= 0.6 is 0 Å². The van der Waals surface area contributed by atoms with Crippen molar-refractivity contribution in [1.82, 2.24) is 14.8 Å². The van der Waals surface area contributed by atoms with Gasteiger partial charge in [-0.05, 0) is 48.6 Å². The molecule has 2 atom stereocenters. The molecule has 0 spiro atoms. The van der Waals surface area contributed by atoms with Crippen molar-refractivity contribution in [2.24, 2.45) is 5.92 Å². The van der Waals surface area contributed by atoms with Crippen molar-refractivity contribution in [3.8, 4) is 5.75 Å². The number of halogens is 1. The average molecular weight is 369 g/mol.